The van der Waals surface area contributed by atoms with E-state index in [1.165, 1.54) is 0 Å². The number of amides is 1. The summed E-state index contributed by atoms with van der Waals surface area (Å²) in [6.07, 6.45) is 1.37. The third-order valence-electron chi connectivity index (χ3n) is 3.23. The molecule has 0 unspecified atom stereocenters. The van der Waals surface area contributed by atoms with Gasteiger partial charge in [0.25, 0.3) is 5.91 Å². The molecule has 1 atom stereocenters. The molecule has 6 heteroatoms. The number of aromatic nitrogens is 2. The highest BCUT2D eigenvalue weighted by Gasteiger charge is 2.32. The van der Waals surface area contributed by atoms with Crippen LogP contribution in [0.1, 0.15) is 22.2 Å². The molecule has 0 bridgehead atoms. The Balaban J connectivity index is 2.04. The molecule has 0 radical (unpaired) electrons. The Morgan fingerprint density at radius 3 is 2.74 bits per heavy atom. The summed E-state index contributed by atoms with van der Waals surface area (Å²) in [6, 6.07) is 7.87. The quantitative estimate of drug-likeness (QED) is 0.783. The average Bonchev–Trinajstić information content (AvgIpc) is 2.78. The van der Waals surface area contributed by atoms with Gasteiger partial charge in [0.2, 0.25) is 0 Å². The van der Waals surface area contributed by atoms with Crippen molar-refractivity contribution in [2.75, 3.05) is 11.4 Å². The maximum Gasteiger partial charge on any atom is 0.277 e. The summed E-state index contributed by atoms with van der Waals surface area (Å²) in [4.78, 5) is 14.2. The Hall–Kier alpha value is -1.41. The summed E-state index contributed by atoms with van der Waals surface area (Å²) >= 11 is 2.11. The first-order valence-corrected chi connectivity index (χ1v) is 7.03. The van der Waals surface area contributed by atoms with Crippen molar-refractivity contribution in [3.63, 3.8) is 0 Å². The van der Waals surface area contributed by atoms with Gasteiger partial charge in [0, 0.05) is 5.69 Å². The predicted octanol–water partition coefficient (Wildman–Crippen LogP) is 1.91. The first-order chi connectivity index (χ1) is 9.08. The van der Waals surface area contributed by atoms with Crippen molar-refractivity contribution < 1.29 is 4.79 Å². The molecule has 1 aliphatic heterocycles. The van der Waals surface area contributed by atoms with E-state index in [9.17, 15) is 4.79 Å². The van der Waals surface area contributed by atoms with Crippen LogP contribution in [-0.2, 0) is 0 Å². The largest absolute Gasteiger partial charge is 0.308 e. The lowest BCUT2D eigenvalue weighted by molar-refractivity contribution is 0.0950. The van der Waals surface area contributed by atoms with Gasteiger partial charge in [-0.15, -0.1) is 0 Å². The minimum absolute atomic E-state index is 0.0487. The standard InChI is InChI=1S/C13H13IN4O/c1-8-2-4-9(5-3-8)17-7-11(15)18-12(13(17)19)10(14)6-16-18/h2-6,11H,7,15H2,1H3/t11-/m1/s1. The Bertz CT molecular complexity index is 635. The van der Waals surface area contributed by atoms with Crippen molar-refractivity contribution in [2.45, 2.75) is 13.1 Å². The Kier molecular flexibility index (Phi) is 3.06. The van der Waals surface area contributed by atoms with E-state index in [1.807, 2.05) is 31.2 Å². The van der Waals surface area contributed by atoms with Crippen molar-refractivity contribution in [3.05, 3.63) is 45.3 Å². The molecular formula is C13H13IN4O. The number of rotatable bonds is 1. The van der Waals surface area contributed by atoms with E-state index in [0.29, 0.717) is 12.2 Å². The number of hydrogen-bond donors (Lipinski definition) is 1. The van der Waals surface area contributed by atoms with Crippen molar-refractivity contribution in [2.24, 2.45) is 5.73 Å². The van der Waals surface area contributed by atoms with Crippen LogP contribution < -0.4 is 10.6 Å². The first kappa shape index (κ1) is 12.6. The number of fused-ring (bicyclic) bond motifs is 1. The number of carbonyl (C=O) groups excluding carboxylic acids is 1. The maximum atomic E-state index is 12.5. The molecule has 0 aliphatic carbocycles. The second-order valence-electron chi connectivity index (χ2n) is 4.60. The van der Waals surface area contributed by atoms with Gasteiger partial charge < -0.3 is 10.6 Å². The molecule has 2 N–H and O–H groups in total. The summed E-state index contributed by atoms with van der Waals surface area (Å²) < 4.78 is 2.43. The predicted molar refractivity (Wildman–Crippen MR) is 81.0 cm³/mol. The molecule has 2 heterocycles. The molecule has 19 heavy (non-hydrogen) atoms. The van der Waals surface area contributed by atoms with Gasteiger partial charge in [0.1, 0.15) is 11.9 Å². The molecule has 1 aromatic heterocycles. The summed E-state index contributed by atoms with van der Waals surface area (Å²) in [5.74, 6) is -0.0487. The third kappa shape index (κ3) is 2.04. The average molecular weight is 368 g/mol. The molecule has 0 saturated carbocycles. The van der Waals surface area contributed by atoms with Crippen molar-refractivity contribution in [3.8, 4) is 0 Å². The SMILES string of the molecule is Cc1ccc(N2C[C@H](N)n3ncc(I)c3C2=O)cc1. The van der Waals surface area contributed by atoms with E-state index >= 15 is 0 Å². The molecule has 98 valence electrons. The molecule has 2 aromatic rings. The van der Waals surface area contributed by atoms with E-state index < -0.39 is 0 Å². The molecule has 0 fully saturated rings. The van der Waals surface area contributed by atoms with Crippen LogP contribution in [0.25, 0.3) is 0 Å². The summed E-state index contributed by atoms with van der Waals surface area (Å²) in [5.41, 5.74) is 8.69. The van der Waals surface area contributed by atoms with Crippen LogP contribution in [-0.4, -0.2) is 22.2 Å². The molecule has 5 nitrogen and oxygen atoms in total. The number of carbonyl (C=O) groups is 1. The highest BCUT2D eigenvalue weighted by molar-refractivity contribution is 14.1. The fraction of sp³-hybridized carbons (Fsp3) is 0.231. The van der Waals surface area contributed by atoms with E-state index in [2.05, 4.69) is 27.7 Å². The van der Waals surface area contributed by atoms with Gasteiger partial charge >= 0.3 is 0 Å². The maximum absolute atomic E-state index is 12.5. The zero-order chi connectivity index (χ0) is 13.6. The van der Waals surface area contributed by atoms with E-state index in [-0.39, 0.29) is 12.1 Å². The van der Waals surface area contributed by atoms with Crippen LogP contribution in [0.4, 0.5) is 5.69 Å². The number of hydrogen-bond acceptors (Lipinski definition) is 3. The van der Waals surface area contributed by atoms with Crippen molar-refractivity contribution in [1.29, 1.82) is 0 Å². The van der Waals surface area contributed by atoms with Gasteiger partial charge in [-0.05, 0) is 41.6 Å². The van der Waals surface area contributed by atoms with E-state index in [4.69, 9.17) is 5.73 Å². The van der Waals surface area contributed by atoms with Crippen LogP contribution in [0.2, 0.25) is 0 Å². The van der Waals surface area contributed by atoms with E-state index in [1.54, 1.807) is 15.8 Å². The molecule has 0 spiro atoms. The number of aryl methyl sites for hydroxylation is 1. The Labute approximate surface area is 124 Å². The van der Waals surface area contributed by atoms with Gasteiger partial charge in [-0.1, -0.05) is 17.7 Å². The summed E-state index contributed by atoms with van der Waals surface area (Å²) in [5, 5.41) is 4.17. The molecule has 1 aromatic carbocycles. The fourth-order valence-corrected chi connectivity index (χ4v) is 2.82. The number of anilines is 1. The number of benzene rings is 1. The van der Waals surface area contributed by atoms with Crippen molar-refractivity contribution >= 4 is 34.2 Å². The Morgan fingerprint density at radius 1 is 1.37 bits per heavy atom. The lowest BCUT2D eigenvalue weighted by Gasteiger charge is -2.31. The van der Waals surface area contributed by atoms with Crippen molar-refractivity contribution in [1.82, 2.24) is 9.78 Å². The van der Waals surface area contributed by atoms with Gasteiger partial charge in [-0.2, -0.15) is 5.10 Å². The van der Waals surface area contributed by atoms with Crippen LogP contribution in [0.15, 0.2) is 30.5 Å². The second-order valence-corrected chi connectivity index (χ2v) is 5.77. The van der Waals surface area contributed by atoms with Crippen LogP contribution >= 0.6 is 22.6 Å². The smallest absolute Gasteiger partial charge is 0.277 e. The normalized spacial score (nSPS) is 18.6. The van der Waals surface area contributed by atoms with Gasteiger partial charge in [-0.25, -0.2) is 4.68 Å². The van der Waals surface area contributed by atoms with Crippen LogP contribution in [0.5, 0.6) is 0 Å². The zero-order valence-corrected chi connectivity index (χ0v) is 12.5. The number of halogens is 1. The fourth-order valence-electron chi connectivity index (χ4n) is 2.22. The number of nitrogens with zero attached hydrogens (tertiary/aromatic N) is 3. The first-order valence-electron chi connectivity index (χ1n) is 5.95. The number of nitrogens with two attached hydrogens (primary N) is 1. The highest BCUT2D eigenvalue weighted by atomic mass is 127. The lowest BCUT2D eigenvalue weighted by Crippen LogP contribution is -2.46. The Morgan fingerprint density at radius 2 is 2.05 bits per heavy atom. The topological polar surface area (TPSA) is 64.2 Å². The molecule has 3 rings (SSSR count). The monoisotopic (exact) mass is 368 g/mol. The van der Waals surface area contributed by atoms with E-state index in [0.717, 1.165) is 14.8 Å². The summed E-state index contributed by atoms with van der Waals surface area (Å²) in [7, 11) is 0. The van der Waals surface area contributed by atoms with Gasteiger partial charge in [0.05, 0.1) is 16.3 Å². The van der Waals surface area contributed by atoms with Gasteiger partial charge in [0.15, 0.2) is 0 Å². The van der Waals surface area contributed by atoms with Gasteiger partial charge in [-0.3, -0.25) is 4.79 Å². The molecule has 1 amide bonds. The molecule has 0 saturated heterocycles. The molecular weight excluding hydrogens is 355 g/mol. The zero-order valence-electron chi connectivity index (χ0n) is 10.4. The second kappa shape index (κ2) is 4.61. The summed E-state index contributed by atoms with van der Waals surface area (Å²) in [6.45, 7) is 2.46. The lowest BCUT2D eigenvalue weighted by atomic mass is 10.2. The van der Waals surface area contributed by atoms with Crippen LogP contribution in [0, 0.1) is 10.5 Å². The minimum Gasteiger partial charge on any atom is -0.308 e. The van der Waals surface area contributed by atoms with Crippen LogP contribution in [0.3, 0.4) is 0 Å². The molecule has 1 aliphatic rings. The minimum atomic E-state index is -0.308. The third-order valence-corrected chi connectivity index (χ3v) is 4.02. The highest BCUT2D eigenvalue weighted by Crippen LogP contribution is 2.26.